The third-order valence-corrected chi connectivity index (χ3v) is 4.59. The van der Waals surface area contributed by atoms with Gasteiger partial charge in [-0.25, -0.2) is 0 Å². The molecule has 6 heteroatoms. The molecule has 1 aliphatic heterocycles. The van der Waals surface area contributed by atoms with Gasteiger partial charge in [-0.05, 0) is 55.3 Å². The Labute approximate surface area is 158 Å². The Morgan fingerprint density at radius 2 is 1.58 bits per heavy atom. The molecule has 1 heterocycles. The lowest BCUT2D eigenvalue weighted by Crippen LogP contribution is -2.25. The Balaban J connectivity index is 0.00000117. The monoisotopic (exact) mass is 374 g/mol. The van der Waals surface area contributed by atoms with E-state index in [2.05, 4.69) is 5.73 Å². The Bertz CT molecular complexity index is 745. The lowest BCUT2D eigenvalue weighted by Gasteiger charge is -2.16. The average molecular weight is 375 g/mol. The molecule has 0 bridgehead atoms. The maximum Gasteiger partial charge on any atom is 0.308 e. The van der Waals surface area contributed by atoms with E-state index in [0.29, 0.717) is 0 Å². The minimum Gasteiger partial charge on any atom is -0.481 e. The first-order chi connectivity index (χ1) is 12.5. The molecule has 1 aliphatic rings. The van der Waals surface area contributed by atoms with Crippen molar-refractivity contribution in [3.8, 4) is 0 Å². The van der Waals surface area contributed by atoms with Crippen LogP contribution in [0, 0.1) is 5.92 Å². The van der Waals surface area contributed by atoms with Crippen molar-refractivity contribution >= 4 is 29.2 Å². The lowest BCUT2D eigenvalue weighted by molar-refractivity contribution is -0.141. The Kier molecular flexibility index (Phi) is 7.18. The minimum absolute atomic E-state index is 0.0770. The number of hydrogen-bond donors (Lipinski definition) is 2. The second-order valence-corrected chi connectivity index (χ2v) is 6.47. The molecule has 1 unspecified atom stereocenters. The highest BCUT2D eigenvalue weighted by atomic mass is 35.5. The molecule has 2 aromatic carbocycles. The van der Waals surface area contributed by atoms with Crippen LogP contribution in [0.1, 0.15) is 17.5 Å². The maximum atomic E-state index is 12.0. The zero-order chi connectivity index (χ0) is 19.1. The fourth-order valence-corrected chi connectivity index (χ4v) is 3.03. The standard InChI is InChI=1S/C19H18ClNO3.CH5N/c20-16-7-3-13(4-8-16)1-2-14-5-9-17(10-6-14)21-12-15(19(23)24)11-18(21)22;1-2/h3-10,15H,1-2,11-12H2,(H,23,24);2H2,1H3. The van der Waals surface area contributed by atoms with Crippen LogP contribution in [-0.2, 0) is 22.4 Å². The summed E-state index contributed by atoms with van der Waals surface area (Å²) in [4.78, 5) is 24.6. The molecule has 0 radical (unpaired) electrons. The van der Waals surface area contributed by atoms with E-state index in [0.717, 1.165) is 23.6 Å². The Morgan fingerprint density at radius 1 is 1.08 bits per heavy atom. The van der Waals surface area contributed by atoms with Crippen LogP contribution in [-0.4, -0.2) is 30.6 Å². The first-order valence-electron chi connectivity index (χ1n) is 8.47. The highest BCUT2D eigenvalue weighted by molar-refractivity contribution is 6.30. The van der Waals surface area contributed by atoms with Gasteiger partial charge in [0.15, 0.2) is 0 Å². The summed E-state index contributed by atoms with van der Waals surface area (Å²) in [5.41, 5.74) is 7.66. The van der Waals surface area contributed by atoms with Crippen LogP contribution < -0.4 is 10.6 Å². The second kappa shape index (κ2) is 9.36. The van der Waals surface area contributed by atoms with E-state index in [1.807, 2.05) is 48.5 Å². The van der Waals surface area contributed by atoms with Gasteiger partial charge in [0.2, 0.25) is 5.91 Å². The van der Waals surface area contributed by atoms with E-state index in [4.69, 9.17) is 16.7 Å². The number of carboxylic acids is 1. The number of nitrogens with zero attached hydrogens (tertiary/aromatic N) is 1. The van der Waals surface area contributed by atoms with Crippen LogP contribution in [0.5, 0.6) is 0 Å². The SMILES string of the molecule is CN.O=C(O)C1CC(=O)N(c2ccc(CCc3ccc(Cl)cc3)cc2)C1. The number of nitrogens with two attached hydrogens (primary N) is 1. The van der Waals surface area contributed by atoms with E-state index >= 15 is 0 Å². The third kappa shape index (κ3) is 5.07. The lowest BCUT2D eigenvalue weighted by atomic mass is 10.0. The van der Waals surface area contributed by atoms with Gasteiger partial charge in [0.1, 0.15) is 0 Å². The molecule has 0 spiro atoms. The molecule has 0 saturated carbocycles. The van der Waals surface area contributed by atoms with Gasteiger partial charge in [-0.1, -0.05) is 35.9 Å². The van der Waals surface area contributed by atoms with Gasteiger partial charge in [-0.15, -0.1) is 0 Å². The highest BCUT2D eigenvalue weighted by Gasteiger charge is 2.34. The van der Waals surface area contributed by atoms with Crippen molar-refractivity contribution in [2.24, 2.45) is 11.7 Å². The summed E-state index contributed by atoms with van der Waals surface area (Å²) in [5, 5.41) is 9.78. The highest BCUT2D eigenvalue weighted by Crippen LogP contribution is 2.25. The van der Waals surface area contributed by atoms with Gasteiger partial charge in [0.25, 0.3) is 0 Å². The van der Waals surface area contributed by atoms with E-state index in [-0.39, 0.29) is 18.9 Å². The molecule has 3 N–H and O–H groups in total. The van der Waals surface area contributed by atoms with Crippen molar-refractivity contribution in [3.05, 3.63) is 64.7 Å². The first kappa shape index (κ1) is 19.9. The fourth-order valence-electron chi connectivity index (χ4n) is 2.90. The number of rotatable bonds is 5. The maximum absolute atomic E-state index is 12.0. The fraction of sp³-hybridized carbons (Fsp3) is 0.300. The van der Waals surface area contributed by atoms with E-state index in [9.17, 15) is 9.59 Å². The average Bonchev–Trinajstić information content (AvgIpc) is 3.05. The van der Waals surface area contributed by atoms with Crippen molar-refractivity contribution < 1.29 is 14.7 Å². The van der Waals surface area contributed by atoms with E-state index in [1.165, 1.54) is 18.2 Å². The molecule has 1 atom stereocenters. The zero-order valence-electron chi connectivity index (χ0n) is 14.7. The molecule has 2 aromatic rings. The summed E-state index contributed by atoms with van der Waals surface area (Å²) in [6, 6.07) is 15.6. The first-order valence-corrected chi connectivity index (χ1v) is 8.85. The van der Waals surface area contributed by atoms with Gasteiger partial charge in [0, 0.05) is 23.7 Å². The third-order valence-electron chi connectivity index (χ3n) is 4.34. The number of anilines is 1. The number of hydrogen-bond acceptors (Lipinski definition) is 3. The number of halogens is 1. The predicted molar refractivity (Wildman–Crippen MR) is 104 cm³/mol. The predicted octanol–water partition coefficient (Wildman–Crippen LogP) is 3.14. The number of aliphatic carboxylic acids is 1. The van der Waals surface area contributed by atoms with Crippen LogP contribution in [0.3, 0.4) is 0 Å². The van der Waals surface area contributed by atoms with Crippen LogP contribution in [0.25, 0.3) is 0 Å². The van der Waals surface area contributed by atoms with Crippen LogP contribution in [0.15, 0.2) is 48.5 Å². The number of carboxylic acid groups (broad SMARTS) is 1. The van der Waals surface area contributed by atoms with Crippen molar-refractivity contribution in [1.82, 2.24) is 0 Å². The minimum atomic E-state index is -0.912. The number of benzene rings is 2. The summed E-state index contributed by atoms with van der Waals surface area (Å²) in [7, 11) is 1.50. The van der Waals surface area contributed by atoms with Crippen LogP contribution in [0.4, 0.5) is 5.69 Å². The Morgan fingerprint density at radius 3 is 2.04 bits per heavy atom. The van der Waals surface area contributed by atoms with Crippen LogP contribution in [0.2, 0.25) is 5.02 Å². The van der Waals surface area contributed by atoms with Crippen molar-refractivity contribution in [1.29, 1.82) is 0 Å². The number of carbonyl (C=O) groups is 2. The molecule has 0 aliphatic carbocycles. The molecule has 26 heavy (non-hydrogen) atoms. The summed E-state index contributed by atoms with van der Waals surface area (Å²) >= 11 is 5.88. The number of carbonyl (C=O) groups excluding carboxylic acids is 1. The topological polar surface area (TPSA) is 83.6 Å². The molecule has 1 fully saturated rings. The summed E-state index contributed by atoms with van der Waals surface area (Å²) in [6.45, 7) is 0.248. The van der Waals surface area contributed by atoms with Crippen molar-refractivity contribution in [3.63, 3.8) is 0 Å². The number of amides is 1. The zero-order valence-corrected chi connectivity index (χ0v) is 15.4. The normalized spacial score (nSPS) is 16.2. The molecule has 1 saturated heterocycles. The van der Waals surface area contributed by atoms with Gasteiger partial charge < -0.3 is 15.7 Å². The molecular weight excluding hydrogens is 352 g/mol. The summed E-state index contributed by atoms with van der Waals surface area (Å²) < 4.78 is 0. The molecular formula is C20H23ClN2O3. The smallest absolute Gasteiger partial charge is 0.308 e. The van der Waals surface area contributed by atoms with Gasteiger partial charge >= 0.3 is 5.97 Å². The molecule has 5 nitrogen and oxygen atoms in total. The van der Waals surface area contributed by atoms with Crippen LogP contribution >= 0.6 is 11.6 Å². The quantitative estimate of drug-likeness (QED) is 0.842. The molecule has 0 aromatic heterocycles. The van der Waals surface area contributed by atoms with Gasteiger partial charge in [0.05, 0.1) is 5.92 Å². The van der Waals surface area contributed by atoms with Gasteiger partial charge in [-0.3, -0.25) is 9.59 Å². The summed E-state index contributed by atoms with van der Waals surface area (Å²) in [6.07, 6.45) is 1.89. The number of aryl methyl sites for hydroxylation is 2. The van der Waals surface area contributed by atoms with E-state index in [1.54, 1.807) is 4.90 Å². The molecule has 1 amide bonds. The summed E-state index contributed by atoms with van der Waals surface area (Å²) in [5.74, 6) is -1.65. The Hall–Kier alpha value is -2.37. The van der Waals surface area contributed by atoms with Crippen molar-refractivity contribution in [2.75, 3.05) is 18.5 Å². The van der Waals surface area contributed by atoms with E-state index < -0.39 is 11.9 Å². The largest absolute Gasteiger partial charge is 0.481 e. The second-order valence-electron chi connectivity index (χ2n) is 6.04. The molecule has 138 valence electrons. The van der Waals surface area contributed by atoms with Gasteiger partial charge in [-0.2, -0.15) is 0 Å². The molecule has 3 rings (SSSR count). The van der Waals surface area contributed by atoms with Crippen molar-refractivity contribution in [2.45, 2.75) is 19.3 Å².